The third-order valence-corrected chi connectivity index (χ3v) is 3.56. The Morgan fingerprint density at radius 3 is 1.36 bits per heavy atom. The van der Waals surface area contributed by atoms with Crippen LogP contribution in [0.1, 0.15) is 38.8 Å². The Morgan fingerprint density at radius 2 is 0.920 bits per heavy atom. The van der Waals surface area contributed by atoms with Gasteiger partial charge in [0.2, 0.25) is 0 Å². The summed E-state index contributed by atoms with van der Waals surface area (Å²) < 4.78 is 5.68. The fraction of sp³-hybridized carbons (Fsp3) is 0.250. The van der Waals surface area contributed by atoms with E-state index in [-0.39, 0.29) is 0 Å². The molecule has 0 N–H and O–H groups in total. The van der Waals surface area contributed by atoms with Crippen LogP contribution >= 0.6 is 0 Å². The third kappa shape index (κ3) is 8.21. The van der Waals surface area contributed by atoms with Crippen molar-refractivity contribution in [2.24, 2.45) is 0 Å². The quantitative estimate of drug-likeness (QED) is 0.486. The molecule has 0 aromatic heterocycles. The smallest absolute Gasteiger partial charge is 0.127 e. The summed E-state index contributed by atoms with van der Waals surface area (Å²) in [7, 11) is 0. The molecule has 0 saturated heterocycles. The number of rotatable bonds is 4. The second-order valence-corrected chi connectivity index (χ2v) is 5.25. The average molecular weight is 335 g/mol. The lowest BCUT2D eigenvalue weighted by Crippen LogP contribution is -1.84. The Bertz CT molecular complexity index is 657. The maximum absolute atomic E-state index is 5.68. The molecule has 1 heteroatoms. The summed E-state index contributed by atoms with van der Waals surface area (Å²) in [6, 6.07) is 28.5. The highest BCUT2D eigenvalue weighted by Crippen LogP contribution is 2.21. The summed E-state index contributed by atoms with van der Waals surface area (Å²) in [6.45, 7) is 8.31. The van der Waals surface area contributed by atoms with E-state index in [2.05, 4.69) is 50.2 Å². The van der Waals surface area contributed by atoms with Crippen LogP contribution in [0.25, 0.3) is 0 Å². The fourth-order valence-corrected chi connectivity index (χ4v) is 2.13. The second kappa shape index (κ2) is 12.8. The van der Waals surface area contributed by atoms with Gasteiger partial charge < -0.3 is 4.74 Å². The van der Waals surface area contributed by atoms with Crippen LogP contribution in [0.4, 0.5) is 0 Å². The van der Waals surface area contributed by atoms with Crippen molar-refractivity contribution >= 4 is 0 Å². The van der Waals surface area contributed by atoms with Crippen molar-refractivity contribution in [3.63, 3.8) is 0 Å². The number of ether oxygens (including phenoxy) is 1. The molecule has 3 aromatic carbocycles. The van der Waals surface area contributed by atoms with Gasteiger partial charge in [-0.15, -0.1) is 0 Å². The van der Waals surface area contributed by atoms with Gasteiger partial charge in [0.05, 0.1) is 0 Å². The van der Waals surface area contributed by atoms with E-state index in [1.165, 1.54) is 11.1 Å². The Morgan fingerprint density at radius 1 is 0.520 bits per heavy atom. The van der Waals surface area contributed by atoms with Crippen molar-refractivity contribution in [2.75, 3.05) is 0 Å². The van der Waals surface area contributed by atoms with Gasteiger partial charge in [-0.3, -0.25) is 0 Å². The maximum atomic E-state index is 5.68. The molecule has 0 saturated carbocycles. The number of hydrogen-bond donors (Lipinski definition) is 0. The Labute approximate surface area is 153 Å². The molecule has 0 aliphatic heterocycles. The van der Waals surface area contributed by atoms with Crippen LogP contribution in [0.3, 0.4) is 0 Å². The highest BCUT2D eigenvalue weighted by molar-refractivity contribution is 5.32. The molecule has 0 aliphatic carbocycles. The first kappa shape index (κ1) is 20.5. The van der Waals surface area contributed by atoms with Gasteiger partial charge in [-0.25, -0.2) is 0 Å². The molecule has 0 radical (unpaired) electrons. The van der Waals surface area contributed by atoms with Crippen molar-refractivity contribution in [3.05, 3.63) is 96.1 Å². The lowest BCUT2D eigenvalue weighted by Gasteiger charge is -2.05. The first-order chi connectivity index (χ1) is 12.3. The van der Waals surface area contributed by atoms with E-state index in [0.29, 0.717) is 0 Å². The molecule has 0 fully saturated rings. The van der Waals surface area contributed by atoms with Crippen LogP contribution in [-0.4, -0.2) is 0 Å². The molecular formula is C24H30O. The molecule has 0 unspecified atom stereocenters. The summed E-state index contributed by atoms with van der Waals surface area (Å²) in [5.41, 5.74) is 2.74. The van der Waals surface area contributed by atoms with Crippen LogP contribution in [0, 0.1) is 0 Å². The minimum absolute atomic E-state index is 0.877. The van der Waals surface area contributed by atoms with Crippen molar-refractivity contribution in [1.29, 1.82) is 0 Å². The minimum atomic E-state index is 0.877. The van der Waals surface area contributed by atoms with E-state index in [1.54, 1.807) is 0 Å². The molecule has 0 heterocycles. The molecule has 132 valence electrons. The summed E-state index contributed by atoms with van der Waals surface area (Å²) in [4.78, 5) is 0. The van der Waals surface area contributed by atoms with Gasteiger partial charge in [-0.1, -0.05) is 88.4 Å². The molecule has 0 amide bonds. The lowest BCUT2D eigenvalue weighted by molar-refractivity contribution is 0.482. The number of para-hydroxylation sites is 1. The molecule has 25 heavy (non-hydrogen) atoms. The normalized spacial score (nSPS) is 9.12. The van der Waals surface area contributed by atoms with Crippen molar-refractivity contribution in [3.8, 4) is 11.5 Å². The van der Waals surface area contributed by atoms with Gasteiger partial charge in [0, 0.05) is 0 Å². The van der Waals surface area contributed by atoms with Crippen LogP contribution < -0.4 is 4.74 Å². The average Bonchev–Trinajstić information content (AvgIpc) is 2.72. The van der Waals surface area contributed by atoms with Crippen molar-refractivity contribution in [2.45, 2.75) is 40.5 Å². The van der Waals surface area contributed by atoms with Crippen LogP contribution in [-0.2, 0) is 12.8 Å². The monoisotopic (exact) mass is 334 g/mol. The van der Waals surface area contributed by atoms with E-state index >= 15 is 0 Å². The number of hydrogen-bond acceptors (Lipinski definition) is 1. The molecule has 0 atom stereocenters. The van der Waals surface area contributed by atoms with Crippen molar-refractivity contribution < 1.29 is 4.74 Å². The zero-order chi connectivity index (χ0) is 18.3. The SMILES string of the molecule is CC.CCc1ccc(Oc2ccccc2)cc1.CCc1ccccc1. The van der Waals surface area contributed by atoms with Crippen molar-refractivity contribution in [1.82, 2.24) is 0 Å². The molecule has 0 aliphatic rings. The van der Waals surface area contributed by atoms with Gasteiger partial charge >= 0.3 is 0 Å². The minimum Gasteiger partial charge on any atom is -0.457 e. The standard InChI is InChI=1S/C14H14O.C8H10.C2H6/c1-2-12-8-10-14(11-9-12)15-13-6-4-3-5-7-13;1-2-8-6-4-3-5-7-8;1-2/h3-11H,2H2,1H3;3-7H,2H2,1H3;1-2H3. The van der Waals surface area contributed by atoms with Crippen LogP contribution in [0.15, 0.2) is 84.9 Å². The summed E-state index contributed by atoms with van der Waals surface area (Å²) in [5, 5.41) is 0. The molecule has 1 nitrogen and oxygen atoms in total. The maximum Gasteiger partial charge on any atom is 0.127 e. The van der Waals surface area contributed by atoms with E-state index in [4.69, 9.17) is 4.74 Å². The van der Waals surface area contributed by atoms with Crippen LogP contribution in [0.5, 0.6) is 11.5 Å². The summed E-state index contributed by atoms with van der Waals surface area (Å²) >= 11 is 0. The first-order valence-electron chi connectivity index (χ1n) is 9.17. The Hall–Kier alpha value is -2.54. The number of aryl methyl sites for hydroxylation is 2. The van der Waals surface area contributed by atoms with Gasteiger partial charge in [0.15, 0.2) is 0 Å². The molecular weight excluding hydrogens is 304 g/mol. The van der Waals surface area contributed by atoms with E-state index < -0.39 is 0 Å². The Kier molecular flexibility index (Phi) is 10.5. The van der Waals surface area contributed by atoms with Crippen LogP contribution in [0.2, 0.25) is 0 Å². The van der Waals surface area contributed by atoms with Gasteiger partial charge in [-0.2, -0.15) is 0 Å². The fourth-order valence-electron chi connectivity index (χ4n) is 2.13. The number of benzene rings is 3. The molecule has 0 spiro atoms. The Balaban J connectivity index is 0.000000264. The highest BCUT2D eigenvalue weighted by atomic mass is 16.5. The zero-order valence-electron chi connectivity index (χ0n) is 15.9. The molecule has 0 bridgehead atoms. The summed E-state index contributed by atoms with van der Waals surface area (Å²) in [6.07, 6.45) is 2.20. The first-order valence-corrected chi connectivity index (χ1v) is 9.17. The second-order valence-electron chi connectivity index (χ2n) is 5.25. The van der Waals surface area contributed by atoms with Gasteiger partial charge in [0.25, 0.3) is 0 Å². The highest BCUT2D eigenvalue weighted by Gasteiger charge is 1.95. The topological polar surface area (TPSA) is 9.23 Å². The predicted octanol–water partition coefficient (Wildman–Crippen LogP) is 7.32. The zero-order valence-corrected chi connectivity index (χ0v) is 15.9. The van der Waals surface area contributed by atoms with E-state index in [1.807, 2.05) is 62.4 Å². The predicted molar refractivity (Wildman–Crippen MR) is 110 cm³/mol. The largest absolute Gasteiger partial charge is 0.457 e. The van der Waals surface area contributed by atoms with E-state index in [0.717, 1.165) is 24.3 Å². The molecule has 3 aromatic rings. The summed E-state index contributed by atoms with van der Waals surface area (Å²) in [5.74, 6) is 1.76. The lowest BCUT2D eigenvalue weighted by atomic mass is 10.2. The third-order valence-electron chi connectivity index (χ3n) is 3.56. The van der Waals surface area contributed by atoms with Gasteiger partial charge in [0.1, 0.15) is 11.5 Å². The van der Waals surface area contributed by atoms with Gasteiger partial charge in [-0.05, 0) is 48.2 Å². The van der Waals surface area contributed by atoms with E-state index in [9.17, 15) is 0 Å². The molecule has 3 rings (SSSR count).